The van der Waals surface area contributed by atoms with Crippen LogP contribution in [-0.2, 0) is 0 Å². The smallest absolute Gasteiger partial charge is 0.175 e. The first-order valence-corrected chi connectivity index (χ1v) is 8.20. The van der Waals surface area contributed by atoms with Crippen molar-refractivity contribution in [2.45, 2.75) is 32.4 Å². The maximum atomic E-state index is 12.4. The van der Waals surface area contributed by atoms with E-state index >= 15 is 0 Å². The van der Waals surface area contributed by atoms with Gasteiger partial charge in [0.25, 0.3) is 0 Å². The molecule has 0 radical (unpaired) electrons. The summed E-state index contributed by atoms with van der Waals surface area (Å²) >= 11 is 1.79. The fourth-order valence-corrected chi connectivity index (χ4v) is 3.20. The summed E-state index contributed by atoms with van der Waals surface area (Å²) in [5.41, 5.74) is 0.838. The van der Waals surface area contributed by atoms with Crippen molar-refractivity contribution >= 4 is 17.5 Å². The quantitative estimate of drug-likeness (QED) is 0.643. The Bertz CT molecular complexity index is 362. The van der Waals surface area contributed by atoms with Crippen LogP contribution >= 0.6 is 11.8 Å². The van der Waals surface area contributed by atoms with Crippen LogP contribution in [0.4, 0.5) is 0 Å². The molecule has 0 saturated heterocycles. The predicted octanol–water partition coefficient (Wildman–Crippen LogP) is 3.72. The maximum Gasteiger partial charge on any atom is 0.175 e. The molecule has 0 N–H and O–H groups in total. The first kappa shape index (κ1) is 16.3. The Morgan fingerprint density at radius 1 is 1.16 bits per heavy atom. The van der Waals surface area contributed by atoms with Crippen molar-refractivity contribution in [3.63, 3.8) is 0 Å². The molecule has 0 spiro atoms. The van der Waals surface area contributed by atoms with E-state index in [1.54, 1.807) is 11.8 Å². The van der Waals surface area contributed by atoms with Crippen LogP contribution in [0, 0.1) is 0 Å². The van der Waals surface area contributed by atoms with Crippen LogP contribution in [0.5, 0.6) is 0 Å². The highest BCUT2D eigenvalue weighted by Crippen LogP contribution is 2.19. The van der Waals surface area contributed by atoms with Crippen LogP contribution in [0.25, 0.3) is 0 Å². The van der Waals surface area contributed by atoms with Crippen molar-refractivity contribution < 1.29 is 4.79 Å². The van der Waals surface area contributed by atoms with Crippen LogP contribution in [0.2, 0.25) is 0 Å². The minimum atomic E-state index is 0.0953. The molecule has 1 unspecified atom stereocenters. The summed E-state index contributed by atoms with van der Waals surface area (Å²) in [6.45, 7) is 9.69. The van der Waals surface area contributed by atoms with Gasteiger partial charge in [0.1, 0.15) is 0 Å². The summed E-state index contributed by atoms with van der Waals surface area (Å²) in [6, 6.07) is 9.64. The van der Waals surface area contributed by atoms with E-state index in [1.807, 2.05) is 30.3 Å². The molecule has 3 heteroatoms. The van der Waals surface area contributed by atoms with Crippen LogP contribution in [0.15, 0.2) is 30.3 Å². The third-order valence-corrected chi connectivity index (χ3v) is 4.71. The molecule has 2 nitrogen and oxygen atoms in total. The lowest BCUT2D eigenvalue weighted by Crippen LogP contribution is -2.27. The molecular formula is C16H25NOS. The van der Waals surface area contributed by atoms with Crippen LogP contribution < -0.4 is 0 Å². The molecule has 0 aliphatic rings. The highest BCUT2D eigenvalue weighted by atomic mass is 32.2. The number of ketones is 1. The minimum Gasteiger partial charge on any atom is -0.303 e. The van der Waals surface area contributed by atoms with Gasteiger partial charge in [0.15, 0.2) is 5.78 Å². The van der Waals surface area contributed by atoms with E-state index in [9.17, 15) is 4.79 Å². The largest absolute Gasteiger partial charge is 0.303 e. The number of carbonyl (C=O) groups excluding carboxylic acids is 1. The van der Waals surface area contributed by atoms with Crippen LogP contribution in [0.1, 0.15) is 37.6 Å². The van der Waals surface area contributed by atoms with Gasteiger partial charge in [-0.25, -0.2) is 0 Å². The standard InChI is InChI=1S/C16H25NOS/c1-4-15(19-13-12-17(5-2)6-3)16(18)14-10-8-7-9-11-14/h7-11,15H,4-6,12-13H2,1-3H3. The molecule has 1 rings (SSSR count). The van der Waals surface area contributed by atoms with Gasteiger partial charge < -0.3 is 4.90 Å². The van der Waals surface area contributed by atoms with Crippen molar-refractivity contribution in [1.29, 1.82) is 0 Å². The van der Waals surface area contributed by atoms with Gasteiger partial charge in [0, 0.05) is 17.9 Å². The van der Waals surface area contributed by atoms with E-state index in [0.717, 1.165) is 37.4 Å². The van der Waals surface area contributed by atoms with Gasteiger partial charge in [-0.3, -0.25) is 4.79 Å². The summed E-state index contributed by atoms with van der Waals surface area (Å²) in [4.78, 5) is 14.8. The molecule has 0 bridgehead atoms. The number of benzene rings is 1. The fourth-order valence-electron chi connectivity index (χ4n) is 2.03. The number of hydrogen-bond acceptors (Lipinski definition) is 3. The van der Waals surface area contributed by atoms with Crippen molar-refractivity contribution in [2.75, 3.05) is 25.4 Å². The highest BCUT2D eigenvalue weighted by Gasteiger charge is 2.18. The van der Waals surface area contributed by atoms with Gasteiger partial charge in [0.05, 0.1) is 5.25 Å². The maximum absolute atomic E-state index is 12.4. The number of hydrogen-bond donors (Lipinski definition) is 0. The average Bonchev–Trinajstić information content (AvgIpc) is 2.48. The summed E-state index contributed by atoms with van der Waals surface area (Å²) in [5.74, 6) is 1.30. The number of rotatable bonds is 9. The molecular weight excluding hydrogens is 254 g/mol. The molecule has 0 aliphatic carbocycles. The third kappa shape index (κ3) is 5.37. The van der Waals surface area contributed by atoms with Gasteiger partial charge in [-0.05, 0) is 19.5 Å². The van der Waals surface area contributed by atoms with Crippen LogP contribution in [-0.4, -0.2) is 41.3 Å². The minimum absolute atomic E-state index is 0.0953. The molecule has 1 aromatic rings. The van der Waals surface area contributed by atoms with E-state index < -0.39 is 0 Å². The van der Waals surface area contributed by atoms with Gasteiger partial charge in [-0.2, -0.15) is 0 Å². The fraction of sp³-hybridized carbons (Fsp3) is 0.562. The number of carbonyl (C=O) groups is 1. The van der Waals surface area contributed by atoms with E-state index in [4.69, 9.17) is 0 Å². The van der Waals surface area contributed by atoms with Gasteiger partial charge in [-0.15, -0.1) is 11.8 Å². The van der Waals surface area contributed by atoms with E-state index in [1.165, 1.54) is 0 Å². The van der Waals surface area contributed by atoms with E-state index in [2.05, 4.69) is 25.7 Å². The summed E-state index contributed by atoms with van der Waals surface area (Å²) in [6.07, 6.45) is 0.899. The summed E-state index contributed by atoms with van der Waals surface area (Å²) < 4.78 is 0. The van der Waals surface area contributed by atoms with Gasteiger partial charge >= 0.3 is 0 Å². The lowest BCUT2D eigenvalue weighted by atomic mass is 10.1. The molecule has 0 aromatic heterocycles. The zero-order chi connectivity index (χ0) is 14.1. The summed E-state index contributed by atoms with van der Waals surface area (Å²) in [5, 5.41) is 0.0953. The Morgan fingerprint density at radius 2 is 1.79 bits per heavy atom. The van der Waals surface area contributed by atoms with Crippen molar-refractivity contribution in [3.8, 4) is 0 Å². The Balaban J connectivity index is 2.47. The molecule has 0 aliphatic heterocycles. The van der Waals surface area contributed by atoms with Crippen molar-refractivity contribution in [2.24, 2.45) is 0 Å². The molecule has 0 saturated carbocycles. The van der Waals surface area contributed by atoms with Crippen molar-refractivity contribution in [3.05, 3.63) is 35.9 Å². The Hall–Kier alpha value is -0.800. The zero-order valence-electron chi connectivity index (χ0n) is 12.3. The normalized spacial score (nSPS) is 12.6. The highest BCUT2D eigenvalue weighted by molar-refractivity contribution is 8.00. The van der Waals surface area contributed by atoms with Gasteiger partial charge in [0.2, 0.25) is 0 Å². The number of thioether (sulfide) groups is 1. The van der Waals surface area contributed by atoms with E-state index in [0.29, 0.717) is 0 Å². The SMILES string of the molecule is CCC(SCCN(CC)CC)C(=O)c1ccccc1. The van der Waals surface area contributed by atoms with E-state index in [-0.39, 0.29) is 11.0 Å². The summed E-state index contributed by atoms with van der Waals surface area (Å²) in [7, 11) is 0. The second-order valence-corrected chi connectivity index (χ2v) is 5.84. The predicted molar refractivity (Wildman–Crippen MR) is 85.1 cm³/mol. The molecule has 1 atom stereocenters. The van der Waals surface area contributed by atoms with Crippen molar-refractivity contribution in [1.82, 2.24) is 4.90 Å². The van der Waals surface area contributed by atoms with Crippen LogP contribution in [0.3, 0.4) is 0 Å². The molecule has 19 heavy (non-hydrogen) atoms. The average molecular weight is 279 g/mol. The first-order valence-electron chi connectivity index (χ1n) is 7.16. The number of Topliss-reactive ketones (excluding diaryl/α,β-unsaturated/α-hetero) is 1. The molecule has 0 fully saturated rings. The zero-order valence-corrected chi connectivity index (χ0v) is 13.1. The monoisotopic (exact) mass is 279 g/mol. The second kappa shape index (κ2) is 9.16. The molecule has 1 aromatic carbocycles. The van der Waals surface area contributed by atoms with Gasteiger partial charge in [-0.1, -0.05) is 51.1 Å². The molecule has 106 valence electrons. The number of nitrogens with zero attached hydrogens (tertiary/aromatic N) is 1. The first-order chi connectivity index (χ1) is 9.22. The lowest BCUT2D eigenvalue weighted by molar-refractivity contribution is 0.0988. The Kier molecular flexibility index (Phi) is 7.84. The third-order valence-electron chi connectivity index (χ3n) is 3.34. The second-order valence-electron chi connectivity index (χ2n) is 4.52. The Morgan fingerprint density at radius 3 is 2.32 bits per heavy atom. The lowest BCUT2D eigenvalue weighted by Gasteiger charge is -2.19. The topological polar surface area (TPSA) is 20.3 Å². The molecule has 0 amide bonds. The molecule has 0 heterocycles. The Labute approximate surface area is 121 Å².